The minimum Gasteiger partial charge on any atom is -0.479 e. The Kier molecular flexibility index (Phi) is 6.71. The van der Waals surface area contributed by atoms with Gasteiger partial charge in [0.15, 0.2) is 6.10 Å². The van der Waals surface area contributed by atoms with Crippen LogP contribution in [0.5, 0.6) is 5.75 Å². The van der Waals surface area contributed by atoms with E-state index in [1.54, 1.807) is 19.1 Å². The van der Waals surface area contributed by atoms with Gasteiger partial charge in [-0.3, -0.25) is 4.79 Å². The summed E-state index contributed by atoms with van der Waals surface area (Å²) in [7, 11) is 0. The first-order valence-electron chi connectivity index (χ1n) is 6.77. The van der Waals surface area contributed by atoms with Gasteiger partial charge in [0, 0.05) is 6.54 Å². The molecule has 1 rings (SSSR count). The molecule has 0 aliphatic carbocycles. The Bertz CT molecular complexity index is 405. The third-order valence-electron chi connectivity index (χ3n) is 3.23. The number of hydrogen-bond acceptors (Lipinski definition) is 2. The topological polar surface area (TPSA) is 38.3 Å². The third kappa shape index (κ3) is 5.11. The van der Waals surface area contributed by atoms with Crippen molar-refractivity contribution in [2.75, 3.05) is 6.54 Å². The zero-order chi connectivity index (χ0) is 14.3. The highest BCUT2D eigenvalue weighted by molar-refractivity contribution is 6.32. The Hall–Kier alpha value is -1.22. The van der Waals surface area contributed by atoms with Crippen molar-refractivity contribution in [2.24, 2.45) is 5.92 Å². The second-order valence-electron chi connectivity index (χ2n) is 4.62. The molecule has 19 heavy (non-hydrogen) atoms. The summed E-state index contributed by atoms with van der Waals surface area (Å²) in [6.45, 7) is 6.68. The first kappa shape index (κ1) is 15.8. The summed E-state index contributed by atoms with van der Waals surface area (Å²) < 4.78 is 5.56. The van der Waals surface area contributed by atoms with Gasteiger partial charge in [-0.05, 0) is 25.0 Å². The number of carbonyl (C=O) groups is 1. The number of rotatable bonds is 7. The lowest BCUT2D eigenvalue weighted by Gasteiger charge is -2.18. The first-order chi connectivity index (χ1) is 9.08. The maximum Gasteiger partial charge on any atom is 0.260 e. The highest BCUT2D eigenvalue weighted by atomic mass is 35.5. The van der Waals surface area contributed by atoms with Crippen LogP contribution in [0.25, 0.3) is 0 Å². The maximum atomic E-state index is 11.9. The number of carbonyl (C=O) groups excluding carboxylic acids is 1. The number of halogens is 1. The predicted molar refractivity (Wildman–Crippen MR) is 78.6 cm³/mol. The summed E-state index contributed by atoms with van der Waals surface area (Å²) in [6, 6.07) is 7.15. The minimum atomic E-state index is -0.547. The Morgan fingerprint density at radius 3 is 2.53 bits per heavy atom. The number of ether oxygens (including phenoxy) is 1. The summed E-state index contributed by atoms with van der Waals surface area (Å²) >= 11 is 5.99. The summed E-state index contributed by atoms with van der Waals surface area (Å²) in [4.78, 5) is 11.9. The SMILES string of the molecule is CCC(CC)CNC(=O)C(C)Oc1ccccc1Cl. The fourth-order valence-corrected chi connectivity index (χ4v) is 1.93. The van der Waals surface area contributed by atoms with Gasteiger partial charge in [0.2, 0.25) is 0 Å². The number of para-hydroxylation sites is 1. The van der Waals surface area contributed by atoms with Gasteiger partial charge >= 0.3 is 0 Å². The molecule has 1 unspecified atom stereocenters. The lowest BCUT2D eigenvalue weighted by Crippen LogP contribution is -2.38. The van der Waals surface area contributed by atoms with Gasteiger partial charge < -0.3 is 10.1 Å². The monoisotopic (exact) mass is 283 g/mol. The Morgan fingerprint density at radius 2 is 1.95 bits per heavy atom. The fourth-order valence-electron chi connectivity index (χ4n) is 1.75. The Labute approximate surface area is 120 Å². The van der Waals surface area contributed by atoms with E-state index in [0.29, 0.717) is 23.2 Å². The molecule has 0 heterocycles. The van der Waals surface area contributed by atoms with E-state index in [9.17, 15) is 4.79 Å². The molecule has 0 saturated carbocycles. The summed E-state index contributed by atoms with van der Waals surface area (Å²) in [5.74, 6) is 0.956. The molecular formula is C15H22ClNO2. The van der Waals surface area contributed by atoms with Gasteiger partial charge in [0.05, 0.1) is 5.02 Å². The van der Waals surface area contributed by atoms with Gasteiger partial charge in [-0.2, -0.15) is 0 Å². The number of nitrogens with one attached hydrogen (secondary N) is 1. The van der Waals surface area contributed by atoms with Gasteiger partial charge in [0.1, 0.15) is 5.75 Å². The average Bonchev–Trinajstić information content (AvgIpc) is 2.42. The van der Waals surface area contributed by atoms with Crippen LogP contribution in [0.1, 0.15) is 33.6 Å². The fraction of sp³-hybridized carbons (Fsp3) is 0.533. The number of benzene rings is 1. The van der Waals surface area contributed by atoms with E-state index in [1.165, 1.54) is 0 Å². The smallest absolute Gasteiger partial charge is 0.260 e. The molecule has 1 aromatic carbocycles. The molecule has 106 valence electrons. The van der Waals surface area contributed by atoms with Crippen LogP contribution in [-0.4, -0.2) is 18.6 Å². The van der Waals surface area contributed by atoms with Crippen LogP contribution >= 0.6 is 11.6 Å². The molecule has 3 nitrogen and oxygen atoms in total. The molecule has 0 aliphatic rings. The van der Waals surface area contributed by atoms with Gasteiger partial charge in [0.25, 0.3) is 5.91 Å². The van der Waals surface area contributed by atoms with Crippen LogP contribution in [0.2, 0.25) is 5.02 Å². The second kappa shape index (κ2) is 8.05. The zero-order valence-corrected chi connectivity index (χ0v) is 12.5. The molecular weight excluding hydrogens is 262 g/mol. The lowest BCUT2D eigenvalue weighted by atomic mass is 10.0. The highest BCUT2D eigenvalue weighted by Crippen LogP contribution is 2.24. The molecule has 1 aromatic rings. The summed E-state index contributed by atoms with van der Waals surface area (Å²) in [6.07, 6.45) is 1.59. The van der Waals surface area contributed by atoms with E-state index in [1.807, 2.05) is 12.1 Å². The highest BCUT2D eigenvalue weighted by Gasteiger charge is 2.16. The number of hydrogen-bond donors (Lipinski definition) is 1. The summed E-state index contributed by atoms with van der Waals surface area (Å²) in [5, 5.41) is 3.43. The van der Waals surface area contributed by atoms with Crippen molar-refractivity contribution in [3.8, 4) is 5.75 Å². The number of amides is 1. The van der Waals surface area contributed by atoms with E-state index in [-0.39, 0.29) is 5.91 Å². The van der Waals surface area contributed by atoms with Gasteiger partial charge in [-0.15, -0.1) is 0 Å². The molecule has 1 amide bonds. The van der Waals surface area contributed by atoms with Crippen molar-refractivity contribution in [1.82, 2.24) is 5.32 Å². The van der Waals surface area contributed by atoms with E-state index >= 15 is 0 Å². The van der Waals surface area contributed by atoms with Crippen LogP contribution in [-0.2, 0) is 4.79 Å². The molecule has 0 aliphatic heterocycles. The van der Waals surface area contributed by atoms with Crippen molar-refractivity contribution < 1.29 is 9.53 Å². The van der Waals surface area contributed by atoms with Crippen molar-refractivity contribution in [3.63, 3.8) is 0 Å². The predicted octanol–water partition coefficient (Wildman–Crippen LogP) is 3.66. The Balaban J connectivity index is 2.47. The van der Waals surface area contributed by atoms with Gasteiger partial charge in [-0.25, -0.2) is 0 Å². The van der Waals surface area contributed by atoms with Crippen molar-refractivity contribution in [3.05, 3.63) is 29.3 Å². The molecule has 4 heteroatoms. The maximum absolute atomic E-state index is 11.9. The Morgan fingerprint density at radius 1 is 1.32 bits per heavy atom. The van der Waals surface area contributed by atoms with Gasteiger partial charge in [-0.1, -0.05) is 50.4 Å². The van der Waals surface area contributed by atoms with E-state index in [0.717, 1.165) is 12.8 Å². The first-order valence-corrected chi connectivity index (χ1v) is 7.15. The summed E-state index contributed by atoms with van der Waals surface area (Å²) in [5.41, 5.74) is 0. The molecule has 1 N–H and O–H groups in total. The van der Waals surface area contributed by atoms with E-state index < -0.39 is 6.10 Å². The van der Waals surface area contributed by atoms with Crippen LogP contribution in [0.3, 0.4) is 0 Å². The minimum absolute atomic E-state index is 0.105. The quantitative estimate of drug-likeness (QED) is 0.829. The molecule has 0 fully saturated rings. The standard InChI is InChI=1S/C15H22ClNO2/c1-4-12(5-2)10-17-15(18)11(3)19-14-9-7-6-8-13(14)16/h6-9,11-12H,4-5,10H2,1-3H3,(H,17,18). The largest absolute Gasteiger partial charge is 0.479 e. The average molecular weight is 284 g/mol. The molecule has 0 saturated heterocycles. The van der Waals surface area contributed by atoms with Crippen LogP contribution in [0.15, 0.2) is 24.3 Å². The van der Waals surface area contributed by atoms with E-state index in [4.69, 9.17) is 16.3 Å². The van der Waals surface area contributed by atoms with Crippen LogP contribution < -0.4 is 10.1 Å². The molecule has 0 bridgehead atoms. The third-order valence-corrected chi connectivity index (χ3v) is 3.54. The van der Waals surface area contributed by atoms with Crippen LogP contribution in [0.4, 0.5) is 0 Å². The normalized spacial score (nSPS) is 12.3. The molecule has 0 spiro atoms. The van der Waals surface area contributed by atoms with Crippen molar-refractivity contribution in [2.45, 2.75) is 39.7 Å². The van der Waals surface area contributed by atoms with Crippen LogP contribution in [0, 0.1) is 5.92 Å². The zero-order valence-electron chi connectivity index (χ0n) is 11.8. The molecule has 0 radical (unpaired) electrons. The lowest BCUT2D eigenvalue weighted by molar-refractivity contribution is -0.127. The second-order valence-corrected chi connectivity index (χ2v) is 5.03. The van der Waals surface area contributed by atoms with E-state index in [2.05, 4.69) is 19.2 Å². The van der Waals surface area contributed by atoms with Crippen molar-refractivity contribution in [1.29, 1.82) is 0 Å². The molecule has 0 aromatic heterocycles. The molecule has 1 atom stereocenters. The van der Waals surface area contributed by atoms with Crippen molar-refractivity contribution >= 4 is 17.5 Å².